The van der Waals surface area contributed by atoms with Crippen molar-refractivity contribution in [3.05, 3.63) is 145 Å². The van der Waals surface area contributed by atoms with Crippen molar-refractivity contribution in [1.82, 2.24) is 4.98 Å². The third kappa shape index (κ3) is 7.15. The van der Waals surface area contributed by atoms with Crippen LogP contribution in [0.3, 0.4) is 0 Å². The summed E-state index contributed by atoms with van der Waals surface area (Å²) in [7, 11) is 1.72. The van der Waals surface area contributed by atoms with Crippen molar-refractivity contribution in [2.24, 2.45) is 0 Å². The molecule has 1 aromatic heterocycles. The smallest absolute Gasteiger partial charge is 0.128 e. The van der Waals surface area contributed by atoms with Crippen LogP contribution < -0.4 is 10.1 Å². The van der Waals surface area contributed by atoms with E-state index in [-0.39, 0.29) is 10.8 Å². The second-order valence-electron chi connectivity index (χ2n) is 14.2. The molecule has 0 saturated heterocycles. The minimum absolute atomic E-state index is 0.00733. The fourth-order valence-electron chi connectivity index (χ4n) is 5.87. The number of anilines is 2. The van der Waals surface area contributed by atoms with Crippen LogP contribution in [0, 0.1) is 0 Å². The highest BCUT2D eigenvalue weighted by Gasteiger charge is 2.22. The Morgan fingerprint density at radius 2 is 1.06 bits per heavy atom. The second kappa shape index (κ2) is 12.9. The quantitative estimate of drug-likeness (QED) is 0.194. The average molecular weight is 617 g/mol. The maximum absolute atomic E-state index is 5.80. The molecular formula is C44H44N2O. The van der Waals surface area contributed by atoms with Crippen molar-refractivity contribution in [1.29, 1.82) is 0 Å². The summed E-state index contributed by atoms with van der Waals surface area (Å²) in [5, 5.41) is 3.69. The van der Waals surface area contributed by atoms with Crippen LogP contribution in [0.5, 0.6) is 5.75 Å². The predicted octanol–water partition coefficient (Wildman–Crippen LogP) is 12.1. The molecule has 0 amide bonds. The van der Waals surface area contributed by atoms with Gasteiger partial charge in [-0.2, -0.15) is 0 Å². The number of hydrogen-bond donors (Lipinski definition) is 1. The Balaban J connectivity index is 1.50. The molecule has 3 nitrogen and oxygen atoms in total. The summed E-state index contributed by atoms with van der Waals surface area (Å²) >= 11 is 0. The molecule has 1 heterocycles. The van der Waals surface area contributed by atoms with Crippen molar-refractivity contribution in [3.63, 3.8) is 0 Å². The first-order chi connectivity index (χ1) is 22.5. The van der Waals surface area contributed by atoms with Gasteiger partial charge in [0.05, 0.1) is 18.5 Å². The van der Waals surface area contributed by atoms with Gasteiger partial charge < -0.3 is 10.1 Å². The normalized spacial score (nSPS) is 11.7. The van der Waals surface area contributed by atoms with Crippen LogP contribution in [0.2, 0.25) is 0 Å². The second-order valence-corrected chi connectivity index (χ2v) is 14.2. The van der Waals surface area contributed by atoms with Gasteiger partial charge in [-0.1, -0.05) is 133 Å². The monoisotopic (exact) mass is 616 g/mol. The SMILES string of the molecule is COc1ccccc1-c1cc(-c2cc(C(C)(C)C)cc(C(C)(C)C)c2)cc(-c2cccc(Nc3ccccc3-c3ccccc3)c2)n1. The molecule has 3 heteroatoms. The first-order valence-electron chi connectivity index (χ1n) is 16.3. The van der Waals surface area contributed by atoms with Gasteiger partial charge in [0.15, 0.2) is 0 Å². The average Bonchev–Trinajstić information content (AvgIpc) is 3.08. The Morgan fingerprint density at radius 1 is 0.489 bits per heavy atom. The minimum Gasteiger partial charge on any atom is -0.496 e. The third-order valence-corrected chi connectivity index (χ3v) is 8.66. The number of pyridine rings is 1. The van der Waals surface area contributed by atoms with Crippen LogP contribution in [0.4, 0.5) is 11.4 Å². The van der Waals surface area contributed by atoms with Crippen LogP contribution in [0.25, 0.3) is 44.8 Å². The summed E-state index contributed by atoms with van der Waals surface area (Å²) in [4.78, 5) is 5.26. The van der Waals surface area contributed by atoms with Crippen molar-refractivity contribution >= 4 is 11.4 Å². The van der Waals surface area contributed by atoms with Gasteiger partial charge in [0.25, 0.3) is 0 Å². The van der Waals surface area contributed by atoms with E-state index < -0.39 is 0 Å². The van der Waals surface area contributed by atoms with Crippen LogP contribution in [-0.4, -0.2) is 12.1 Å². The molecule has 0 bridgehead atoms. The molecule has 0 aliphatic carbocycles. The molecule has 0 saturated carbocycles. The van der Waals surface area contributed by atoms with E-state index in [0.29, 0.717) is 0 Å². The van der Waals surface area contributed by atoms with E-state index in [1.54, 1.807) is 7.11 Å². The highest BCUT2D eigenvalue weighted by Crippen LogP contribution is 2.39. The summed E-state index contributed by atoms with van der Waals surface area (Å²) in [6.07, 6.45) is 0. The van der Waals surface area contributed by atoms with E-state index in [9.17, 15) is 0 Å². The van der Waals surface area contributed by atoms with Gasteiger partial charge in [-0.25, -0.2) is 4.98 Å². The molecule has 0 unspecified atom stereocenters. The van der Waals surface area contributed by atoms with Gasteiger partial charge in [-0.3, -0.25) is 0 Å². The molecule has 0 atom stereocenters. The topological polar surface area (TPSA) is 34.1 Å². The fraction of sp³-hybridized carbons (Fsp3) is 0.205. The zero-order valence-electron chi connectivity index (χ0n) is 28.6. The molecule has 0 radical (unpaired) electrons. The first kappa shape index (κ1) is 31.8. The standard InChI is InChI=1S/C44H44N2O/c1-43(2,3)34-24-32(25-35(29-34)44(4,5)6)33-27-40(46-41(28-33)38-21-12-14-23-42(38)47-7)31-18-15-19-36(26-31)45-39-22-13-11-20-37(39)30-16-9-8-10-17-30/h8-29,45H,1-7H3. The van der Waals surface area contributed by atoms with Gasteiger partial charge in [-0.15, -0.1) is 0 Å². The van der Waals surface area contributed by atoms with E-state index in [4.69, 9.17) is 9.72 Å². The maximum Gasteiger partial charge on any atom is 0.128 e. The molecular weight excluding hydrogens is 572 g/mol. The van der Waals surface area contributed by atoms with Crippen LogP contribution in [0.1, 0.15) is 52.7 Å². The Labute approximate surface area is 280 Å². The lowest BCUT2D eigenvalue weighted by molar-refractivity contribution is 0.416. The van der Waals surface area contributed by atoms with E-state index in [0.717, 1.165) is 50.8 Å². The van der Waals surface area contributed by atoms with Crippen molar-refractivity contribution in [2.75, 3.05) is 12.4 Å². The number of aromatic nitrogens is 1. The van der Waals surface area contributed by atoms with Gasteiger partial charge in [0.2, 0.25) is 0 Å². The lowest BCUT2D eigenvalue weighted by Gasteiger charge is -2.26. The number of methoxy groups -OCH3 is 1. The molecule has 0 aliphatic heterocycles. The minimum atomic E-state index is 0.00733. The fourth-order valence-corrected chi connectivity index (χ4v) is 5.87. The summed E-state index contributed by atoms with van der Waals surface area (Å²) < 4.78 is 5.80. The molecule has 236 valence electrons. The number of benzene rings is 5. The molecule has 0 fully saturated rings. The number of rotatable bonds is 7. The van der Waals surface area contributed by atoms with Crippen LogP contribution in [0.15, 0.2) is 133 Å². The van der Waals surface area contributed by atoms with E-state index >= 15 is 0 Å². The van der Waals surface area contributed by atoms with Crippen molar-refractivity contribution in [2.45, 2.75) is 52.4 Å². The molecule has 5 aromatic carbocycles. The largest absolute Gasteiger partial charge is 0.496 e. The highest BCUT2D eigenvalue weighted by molar-refractivity contribution is 5.83. The van der Waals surface area contributed by atoms with Gasteiger partial charge in [0, 0.05) is 28.1 Å². The molecule has 6 aromatic rings. The van der Waals surface area contributed by atoms with Gasteiger partial charge in [0.1, 0.15) is 5.75 Å². The Bertz CT molecular complexity index is 1980. The Kier molecular flexibility index (Phi) is 8.75. The first-order valence-corrected chi connectivity index (χ1v) is 16.3. The van der Waals surface area contributed by atoms with E-state index in [2.05, 4.69) is 156 Å². The number of nitrogens with zero attached hydrogens (tertiary/aromatic N) is 1. The molecule has 1 N–H and O–H groups in total. The summed E-state index contributed by atoms with van der Waals surface area (Å²) in [5.74, 6) is 0.801. The third-order valence-electron chi connectivity index (χ3n) is 8.66. The highest BCUT2D eigenvalue weighted by atomic mass is 16.5. The van der Waals surface area contributed by atoms with Crippen LogP contribution >= 0.6 is 0 Å². The number of ether oxygens (including phenoxy) is 1. The summed E-state index contributed by atoms with van der Waals surface area (Å²) in [5.41, 5.74) is 13.1. The molecule has 0 spiro atoms. The van der Waals surface area contributed by atoms with Crippen molar-refractivity contribution < 1.29 is 4.74 Å². The summed E-state index contributed by atoms with van der Waals surface area (Å²) in [6, 6.07) is 47.1. The van der Waals surface area contributed by atoms with E-state index in [1.807, 2.05) is 24.3 Å². The maximum atomic E-state index is 5.80. The molecule has 47 heavy (non-hydrogen) atoms. The lowest BCUT2D eigenvalue weighted by atomic mass is 9.79. The Morgan fingerprint density at radius 3 is 1.74 bits per heavy atom. The Hall–Kier alpha value is -5.15. The van der Waals surface area contributed by atoms with Crippen molar-refractivity contribution in [3.8, 4) is 50.5 Å². The number of nitrogens with one attached hydrogen (secondary N) is 1. The van der Waals surface area contributed by atoms with Gasteiger partial charge >= 0.3 is 0 Å². The lowest BCUT2D eigenvalue weighted by Crippen LogP contribution is -2.16. The predicted molar refractivity (Wildman–Crippen MR) is 200 cm³/mol. The number of hydrogen-bond acceptors (Lipinski definition) is 3. The van der Waals surface area contributed by atoms with E-state index in [1.165, 1.54) is 22.3 Å². The van der Waals surface area contributed by atoms with Crippen LogP contribution in [-0.2, 0) is 10.8 Å². The molecule has 0 aliphatic rings. The molecule has 6 rings (SSSR count). The zero-order chi connectivity index (χ0) is 33.2. The van der Waals surface area contributed by atoms with Gasteiger partial charge in [-0.05, 0) is 81.1 Å². The summed E-state index contributed by atoms with van der Waals surface area (Å²) in [6.45, 7) is 13.7. The zero-order valence-corrected chi connectivity index (χ0v) is 28.6. The number of para-hydroxylation sites is 2.